The maximum atomic E-state index is 12.7. The van der Waals surface area contributed by atoms with E-state index in [1.807, 2.05) is 17.8 Å². The molecule has 2 N–H and O–H groups in total. The quantitative estimate of drug-likeness (QED) is 0.693. The molecule has 0 aliphatic carbocycles. The van der Waals surface area contributed by atoms with E-state index in [2.05, 4.69) is 20.5 Å². The molecule has 0 saturated carbocycles. The Balaban J connectivity index is 0.00000300. The molecule has 9 nitrogen and oxygen atoms in total. The van der Waals surface area contributed by atoms with Gasteiger partial charge in [0, 0.05) is 56.9 Å². The normalized spacial score (nSPS) is 16.6. The molecule has 1 atom stereocenters. The van der Waals surface area contributed by atoms with Crippen molar-refractivity contribution in [3.05, 3.63) is 30.4 Å². The number of aryl methyl sites for hydroxylation is 1. The summed E-state index contributed by atoms with van der Waals surface area (Å²) in [5.74, 6) is 2.29. The van der Waals surface area contributed by atoms with Gasteiger partial charge in [0.15, 0.2) is 11.5 Å². The zero-order valence-electron chi connectivity index (χ0n) is 17.1. The van der Waals surface area contributed by atoms with E-state index in [1.165, 1.54) is 0 Å². The van der Waals surface area contributed by atoms with Crippen LogP contribution in [0, 0.1) is 0 Å². The van der Waals surface area contributed by atoms with Crippen LogP contribution in [-0.2, 0) is 11.8 Å². The molecule has 1 fully saturated rings. The average Bonchev–Trinajstić information content (AvgIpc) is 3.13. The number of nitrogens with one attached hydrogen (secondary N) is 2. The molecule has 1 saturated heterocycles. The summed E-state index contributed by atoms with van der Waals surface area (Å²) in [6, 6.07) is 3.47. The highest BCUT2D eigenvalue weighted by molar-refractivity contribution is 5.93. The number of carbonyl (C=O) groups excluding carboxylic acids is 1. The van der Waals surface area contributed by atoms with Crippen molar-refractivity contribution in [1.29, 1.82) is 0 Å². The predicted octanol–water partition coefficient (Wildman–Crippen LogP) is 1.45. The summed E-state index contributed by atoms with van der Waals surface area (Å²) >= 11 is 0. The number of amides is 1. The van der Waals surface area contributed by atoms with Gasteiger partial charge in [0.1, 0.15) is 5.82 Å². The van der Waals surface area contributed by atoms with Gasteiger partial charge in [-0.3, -0.25) is 9.69 Å². The van der Waals surface area contributed by atoms with Gasteiger partial charge < -0.3 is 29.4 Å². The molecule has 1 amide bonds. The second kappa shape index (κ2) is 10.3. The molecule has 1 aromatic heterocycles. The largest absolute Gasteiger partial charge is 0.493 e. The summed E-state index contributed by atoms with van der Waals surface area (Å²) in [4.78, 5) is 19.3. The molecule has 0 bridgehead atoms. The first-order chi connectivity index (χ1) is 13.6. The Morgan fingerprint density at radius 1 is 1.24 bits per heavy atom. The van der Waals surface area contributed by atoms with Crippen molar-refractivity contribution in [3.8, 4) is 17.2 Å². The third kappa shape index (κ3) is 5.11. The zero-order valence-corrected chi connectivity index (χ0v) is 17.9. The minimum absolute atomic E-state index is 0. The topological polar surface area (TPSA) is 89.9 Å². The first-order valence-corrected chi connectivity index (χ1v) is 9.09. The van der Waals surface area contributed by atoms with Gasteiger partial charge in [-0.1, -0.05) is 0 Å². The number of anilines is 1. The van der Waals surface area contributed by atoms with Crippen LogP contribution in [0.1, 0.15) is 11.9 Å². The summed E-state index contributed by atoms with van der Waals surface area (Å²) in [6.45, 7) is 2.61. The summed E-state index contributed by atoms with van der Waals surface area (Å²) < 4.78 is 18.0. The van der Waals surface area contributed by atoms with Crippen molar-refractivity contribution in [2.45, 2.75) is 6.04 Å². The number of carbonyl (C=O) groups is 1. The van der Waals surface area contributed by atoms with E-state index in [4.69, 9.17) is 14.2 Å². The van der Waals surface area contributed by atoms with Gasteiger partial charge in [0.05, 0.1) is 33.9 Å². The van der Waals surface area contributed by atoms with Crippen LogP contribution in [-0.4, -0.2) is 67.9 Å². The van der Waals surface area contributed by atoms with Crippen LogP contribution in [0.15, 0.2) is 24.5 Å². The van der Waals surface area contributed by atoms with E-state index < -0.39 is 0 Å². The Kier molecular flexibility index (Phi) is 8.12. The lowest BCUT2D eigenvalue weighted by molar-refractivity contribution is -0.118. The third-order valence-electron chi connectivity index (χ3n) is 4.81. The summed E-state index contributed by atoms with van der Waals surface area (Å²) in [5.41, 5.74) is 0.586. The van der Waals surface area contributed by atoms with Crippen molar-refractivity contribution < 1.29 is 19.0 Å². The second-order valence-electron chi connectivity index (χ2n) is 6.55. The van der Waals surface area contributed by atoms with Crippen molar-refractivity contribution in [2.24, 2.45) is 7.05 Å². The van der Waals surface area contributed by atoms with Gasteiger partial charge in [-0.2, -0.15) is 0 Å². The molecule has 29 heavy (non-hydrogen) atoms. The van der Waals surface area contributed by atoms with Crippen molar-refractivity contribution in [1.82, 2.24) is 19.8 Å². The van der Waals surface area contributed by atoms with Crippen LogP contribution in [0.4, 0.5) is 5.69 Å². The average molecular weight is 426 g/mol. The lowest BCUT2D eigenvalue weighted by Gasteiger charge is -2.35. The van der Waals surface area contributed by atoms with E-state index in [0.717, 1.165) is 25.5 Å². The van der Waals surface area contributed by atoms with Crippen molar-refractivity contribution >= 4 is 24.0 Å². The fourth-order valence-electron chi connectivity index (χ4n) is 3.43. The van der Waals surface area contributed by atoms with Crippen molar-refractivity contribution in [3.63, 3.8) is 0 Å². The molecular formula is C19H28ClN5O4. The number of ether oxygens (including phenoxy) is 3. The number of hydrogen-bond donors (Lipinski definition) is 2. The standard InChI is InChI=1S/C19H27N5O4.ClH/c1-23-7-6-21-19(23)14-11-20-5-8-24(14)12-17(25)22-13-9-15(26-2)18(28-4)16(10-13)27-3;/h6-7,9-10,14,20H,5,8,11-12H2,1-4H3,(H,22,25);1H. The fourth-order valence-corrected chi connectivity index (χ4v) is 3.43. The molecule has 1 unspecified atom stereocenters. The first kappa shape index (κ1) is 22.8. The highest BCUT2D eigenvalue weighted by atomic mass is 35.5. The molecular weight excluding hydrogens is 398 g/mol. The van der Waals surface area contributed by atoms with Gasteiger partial charge >= 0.3 is 0 Å². The van der Waals surface area contributed by atoms with Gasteiger partial charge in [0.2, 0.25) is 11.7 Å². The van der Waals surface area contributed by atoms with E-state index in [-0.39, 0.29) is 30.9 Å². The van der Waals surface area contributed by atoms with Gasteiger partial charge in [-0.25, -0.2) is 4.98 Å². The number of benzene rings is 1. The van der Waals surface area contributed by atoms with Crippen molar-refractivity contribution in [2.75, 3.05) is 52.8 Å². The number of imidazole rings is 1. The highest BCUT2D eigenvalue weighted by Gasteiger charge is 2.28. The Morgan fingerprint density at radius 2 is 1.93 bits per heavy atom. The Morgan fingerprint density at radius 3 is 2.48 bits per heavy atom. The number of rotatable bonds is 7. The Bertz CT molecular complexity index is 804. The number of halogens is 1. The maximum absolute atomic E-state index is 12.7. The highest BCUT2D eigenvalue weighted by Crippen LogP contribution is 2.39. The molecule has 0 spiro atoms. The predicted molar refractivity (Wildman–Crippen MR) is 112 cm³/mol. The van der Waals surface area contributed by atoms with Crippen LogP contribution in [0.2, 0.25) is 0 Å². The zero-order chi connectivity index (χ0) is 20.1. The van der Waals surface area contributed by atoms with Gasteiger partial charge in [-0.15, -0.1) is 12.4 Å². The molecule has 3 rings (SSSR count). The van der Waals surface area contributed by atoms with Crippen LogP contribution >= 0.6 is 12.4 Å². The fraction of sp³-hybridized carbons (Fsp3) is 0.474. The number of methoxy groups -OCH3 is 3. The summed E-state index contributed by atoms with van der Waals surface area (Å²) in [7, 11) is 6.59. The van der Waals surface area contributed by atoms with Gasteiger partial charge in [-0.05, 0) is 0 Å². The molecule has 1 aliphatic rings. The summed E-state index contributed by atoms with van der Waals surface area (Å²) in [6.07, 6.45) is 3.69. The second-order valence-corrected chi connectivity index (χ2v) is 6.55. The lowest BCUT2D eigenvalue weighted by Crippen LogP contribution is -2.49. The maximum Gasteiger partial charge on any atom is 0.238 e. The van der Waals surface area contributed by atoms with E-state index in [1.54, 1.807) is 39.7 Å². The molecule has 160 valence electrons. The number of hydrogen-bond acceptors (Lipinski definition) is 7. The number of piperazine rings is 1. The van der Waals surface area contributed by atoms with E-state index >= 15 is 0 Å². The van der Waals surface area contributed by atoms with Gasteiger partial charge in [0.25, 0.3) is 0 Å². The minimum Gasteiger partial charge on any atom is -0.493 e. The molecule has 0 radical (unpaired) electrons. The number of nitrogens with zero attached hydrogens (tertiary/aromatic N) is 3. The smallest absolute Gasteiger partial charge is 0.238 e. The van der Waals surface area contributed by atoms with Crippen LogP contribution < -0.4 is 24.8 Å². The molecule has 2 heterocycles. The molecule has 2 aromatic rings. The van der Waals surface area contributed by atoms with E-state index in [0.29, 0.717) is 22.9 Å². The lowest BCUT2D eigenvalue weighted by atomic mass is 10.1. The minimum atomic E-state index is -0.115. The van der Waals surface area contributed by atoms with Crippen LogP contribution in [0.3, 0.4) is 0 Å². The SMILES string of the molecule is COc1cc(NC(=O)CN2CCNCC2c2nccn2C)cc(OC)c1OC.Cl. The van der Waals surface area contributed by atoms with Crippen LogP contribution in [0.5, 0.6) is 17.2 Å². The summed E-state index contributed by atoms with van der Waals surface area (Å²) in [5, 5.41) is 6.30. The van der Waals surface area contributed by atoms with E-state index in [9.17, 15) is 4.79 Å². The Hall–Kier alpha value is -2.49. The monoisotopic (exact) mass is 425 g/mol. The van der Waals surface area contributed by atoms with Crippen LogP contribution in [0.25, 0.3) is 0 Å². The Labute approximate surface area is 176 Å². The first-order valence-electron chi connectivity index (χ1n) is 9.09. The molecule has 1 aliphatic heterocycles. The third-order valence-corrected chi connectivity index (χ3v) is 4.81. The molecule has 1 aromatic carbocycles. The number of aromatic nitrogens is 2. The molecule has 10 heteroatoms.